The number of carbonyl (C=O) groups excluding carboxylic acids is 1. The molecular formula is C19H20N2O4. The van der Waals surface area contributed by atoms with Crippen LogP contribution >= 0.6 is 0 Å². The van der Waals surface area contributed by atoms with E-state index in [2.05, 4.69) is 12.2 Å². The smallest absolute Gasteiger partial charge is 0.269 e. The molecule has 0 heterocycles. The van der Waals surface area contributed by atoms with E-state index in [-0.39, 0.29) is 17.7 Å². The minimum Gasteiger partial charge on any atom is -0.491 e. The lowest BCUT2D eigenvalue weighted by Gasteiger charge is -2.12. The fraction of sp³-hybridized carbons (Fsp3) is 0.211. The van der Waals surface area contributed by atoms with E-state index < -0.39 is 4.92 Å². The van der Waals surface area contributed by atoms with Crippen LogP contribution in [0, 0.1) is 10.1 Å². The number of hydrogen-bond acceptors (Lipinski definition) is 4. The zero-order valence-electron chi connectivity index (χ0n) is 14.1. The van der Waals surface area contributed by atoms with Crippen molar-refractivity contribution >= 4 is 23.4 Å². The van der Waals surface area contributed by atoms with Crippen LogP contribution < -0.4 is 10.1 Å². The summed E-state index contributed by atoms with van der Waals surface area (Å²) in [5.41, 5.74) is 1.38. The monoisotopic (exact) mass is 340 g/mol. The average Bonchev–Trinajstić information content (AvgIpc) is 2.62. The van der Waals surface area contributed by atoms with Crippen LogP contribution in [0.15, 0.2) is 54.6 Å². The molecule has 6 nitrogen and oxygen atoms in total. The molecule has 0 saturated heterocycles. The first-order valence-corrected chi connectivity index (χ1v) is 7.98. The van der Waals surface area contributed by atoms with Crippen LogP contribution in [0.25, 0.3) is 6.08 Å². The average molecular weight is 340 g/mol. The Hall–Kier alpha value is -3.15. The third-order valence-corrected chi connectivity index (χ3v) is 3.57. The molecule has 6 heteroatoms. The van der Waals surface area contributed by atoms with Crippen molar-refractivity contribution in [2.45, 2.75) is 26.4 Å². The quantitative estimate of drug-likeness (QED) is 0.459. The van der Waals surface area contributed by atoms with Gasteiger partial charge >= 0.3 is 0 Å². The van der Waals surface area contributed by atoms with Crippen molar-refractivity contribution in [3.05, 3.63) is 70.3 Å². The Morgan fingerprint density at radius 1 is 1.20 bits per heavy atom. The Bertz CT molecular complexity index is 752. The summed E-state index contributed by atoms with van der Waals surface area (Å²) in [6.45, 7) is 4.05. The van der Waals surface area contributed by atoms with Gasteiger partial charge < -0.3 is 10.1 Å². The van der Waals surface area contributed by atoms with E-state index in [9.17, 15) is 14.9 Å². The summed E-state index contributed by atoms with van der Waals surface area (Å²) in [5.74, 6) is 0.475. The van der Waals surface area contributed by atoms with E-state index >= 15 is 0 Å². The number of carbonyl (C=O) groups is 1. The minimum absolute atomic E-state index is 0.0151. The summed E-state index contributed by atoms with van der Waals surface area (Å²) in [4.78, 5) is 22.1. The van der Waals surface area contributed by atoms with Crippen LogP contribution in [-0.2, 0) is 4.79 Å². The number of nitro benzene ring substituents is 1. The highest BCUT2D eigenvalue weighted by molar-refractivity contribution is 6.01. The molecule has 2 aromatic rings. The lowest BCUT2D eigenvalue weighted by Crippen LogP contribution is -2.10. The lowest BCUT2D eigenvalue weighted by molar-refractivity contribution is -0.384. The molecule has 0 aliphatic heterocycles. The van der Waals surface area contributed by atoms with E-state index in [1.165, 1.54) is 18.2 Å². The summed E-state index contributed by atoms with van der Waals surface area (Å²) >= 11 is 0. The Kier molecular flexibility index (Phi) is 6.28. The zero-order valence-corrected chi connectivity index (χ0v) is 14.1. The number of nitro groups is 1. The first kappa shape index (κ1) is 18.2. The minimum atomic E-state index is -0.463. The molecule has 0 saturated carbocycles. The normalized spacial score (nSPS) is 11.9. The molecular weight excluding hydrogens is 320 g/mol. The SMILES string of the molecule is CCC(C)Oc1ccc(NC(=O)/C=C/c2ccc([N+](=O)[O-])cc2)cc1. The second-order valence-corrected chi connectivity index (χ2v) is 5.53. The van der Waals surface area contributed by atoms with E-state index in [4.69, 9.17) is 4.74 Å². The molecule has 0 aliphatic carbocycles. The Morgan fingerprint density at radius 2 is 1.84 bits per heavy atom. The van der Waals surface area contributed by atoms with Gasteiger partial charge in [-0.05, 0) is 61.4 Å². The number of nitrogens with one attached hydrogen (secondary N) is 1. The van der Waals surface area contributed by atoms with Crippen molar-refractivity contribution in [1.29, 1.82) is 0 Å². The summed E-state index contributed by atoms with van der Waals surface area (Å²) in [7, 11) is 0. The predicted octanol–water partition coefficient (Wildman–Crippen LogP) is 4.42. The predicted molar refractivity (Wildman–Crippen MR) is 97.6 cm³/mol. The molecule has 130 valence electrons. The van der Waals surface area contributed by atoms with Crippen molar-refractivity contribution in [3.63, 3.8) is 0 Å². The molecule has 0 aromatic heterocycles. The topological polar surface area (TPSA) is 81.5 Å². The molecule has 0 spiro atoms. The van der Waals surface area contributed by atoms with Crippen molar-refractivity contribution in [2.24, 2.45) is 0 Å². The summed E-state index contributed by atoms with van der Waals surface area (Å²) in [5, 5.41) is 13.3. The molecule has 25 heavy (non-hydrogen) atoms. The number of amides is 1. The van der Waals surface area contributed by atoms with Crippen LogP contribution in [0.3, 0.4) is 0 Å². The van der Waals surface area contributed by atoms with Gasteiger partial charge in [-0.3, -0.25) is 14.9 Å². The molecule has 0 fully saturated rings. The first-order valence-electron chi connectivity index (χ1n) is 7.98. The number of hydrogen-bond donors (Lipinski definition) is 1. The van der Waals surface area contributed by atoms with Crippen molar-refractivity contribution in [1.82, 2.24) is 0 Å². The Balaban J connectivity index is 1.92. The molecule has 2 aromatic carbocycles. The van der Waals surface area contributed by atoms with Crippen LogP contribution in [0.1, 0.15) is 25.8 Å². The van der Waals surface area contributed by atoms with E-state index in [0.717, 1.165) is 12.2 Å². The third-order valence-electron chi connectivity index (χ3n) is 3.57. The molecule has 0 bridgehead atoms. The highest BCUT2D eigenvalue weighted by Gasteiger charge is 2.04. The van der Waals surface area contributed by atoms with Gasteiger partial charge in [0.05, 0.1) is 11.0 Å². The summed E-state index contributed by atoms with van der Waals surface area (Å²) in [6.07, 6.45) is 4.04. The van der Waals surface area contributed by atoms with Gasteiger partial charge in [0, 0.05) is 23.9 Å². The van der Waals surface area contributed by atoms with Crippen molar-refractivity contribution in [3.8, 4) is 5.75 Å². The van der Waals surface area contributed by atoms with E-state index in [0.29, 0.717) is 11.3 Å². The number of benzene rings is 2. The van der Waals surface area contributed by atoms with Gasteiger partial charge in [-0.15, -0.1) is 0 Å². The largest absolute Gasteiger partial charge is 0.491 e. The molecule has 1 amide bonds. The third kappa shape index (κ3) is 5.76. The fourth-order valence-electron chi connectivity index (χ4n) is 2.00. The number of anilines is 1. The van der Waals surface area contributed by atoms with Crippen molar-refractivity contribution in [2.75, 3.05) is 5.32 Å². The maximum absolute atomic E-state index is 11.9. The lowest BCUT2D eigenvalue weighted by atomic mass is 10.2. The zero-order chi connectivity index (χ0) is 18.2. The van der Waals surface area contributed by atoms with Gasteiger partial charge in [0.1, 0.15) is 5.75 Å². The number of non-ortho nitro benzene ring substituents is 1. The number of ether oxygens (including phenoxy) is 1. The van der Waals surface area contributed by atoms with Crippen LogP contribution in [-0.4, -0.2) is 16.9 Å². The maximum Gasteiger partial charge on any atom is 0.269 e. The van der Waals surface area contributed by atoms with Crippen LogP contribution in [0.2, 0.25) is 0 Å². The number of nitrogens with zero attached hydrogens (tertiary/aromatic N) is 1. The van der Waals surface area contributed by atoms with Crippen molar-refractivity contribution < 1.29 is 14.5 Å². The summed E-state index contributed by atoms with van der Waals surface area (Å²) in [6, 6.07) is 13.1. The van der Waals surface area contributed by atoms with Gasteiger partial charge in [-0.1, -0.05) is 6.92 Å². The Labute approximate surface area is 146 Å². The molecule has 1 atom stereocenters. The summed E-state index contributed by atoms with van der Waals surface area (Å²) < 4.78 is 5.68. The molecule has 2 rings (SSSR count). The van der Waals surface area contributed by atoms with Gasteiger partial charge in [-0.25, -0.2) is 0 Å². The first-order chi connectivity index (χ1) is 12.0. The second kappa shape index (κ2) is 8.63. The maximum atomic E-state index is 11.9. The van der Waals surface area contributed by atoms with Crippen LogP contribution in [0.5, 0.6) is 5.75 Å². The fourth-order valence-corrected chi connectivity index (χ4v) is 2.00. The van der Waals surface area contributed by atoms with E-state index in [1.54, 1.807) is 30.3 Å². The highest BCUT2D eigenvalue weighted by atomic mass is 16.6. The molecule has 0 radical (unpaired) electrons. The van der Waals surface area contributed by atoms with E-state index in [1.807, 2.05) is 19.1 Å². The van der Waals surface area contributed by atoms with Gasteiger partial charge in [0.2, 0.25) is 5.91 Å². The molecule has 0 aliphatic rings. The standard InChI is InChI=1S/C19H20N2O4/c1-3-14(2)25-18-11-7-16(8-12-18)20-19(22)13-6-15-4-9-17(10-5-15)21(23)24/h4-14H,3H2,1-2H3,(H,20,22)/b13-6+. The highest BCUT2D eigenvalue weighted by Crippen LogP contribution is 2.18. The van der Waals surface area contributed by atoms with Crippen LogP contribution in [0.4, 0.5) is 11.4 Å². The van der Waals surface area contributed by atoms with Gasteiger partial charge in [-0.2, -0.15) is 0 Å². The molecule has 1 unspecified atom stereocenters. The van der Waals surface area contributed by atoms with Gasteiger partial charge in [0.25, 0.3) is 5.69 Å². The Morgan fingerprint density at radius 3 is 2.40 bits per heavy atom. The van der Waals surface area contributed by atoms with Gasteiger partial charge in [0.15, 0.2) is 0 Å². The number of rotatable bonds is 7. The second-order valence-electron chi connectivity index (χ2n) is 5.53. The molecule has 1 N–H and O–H groups in total.